The van der Waals surface area contributed by atoms with Gasteiger partial charge in [-0.15, -0.1) is 9.24 Å². The zero-order chi connectivity index (χ0) is 20.5. The zero-order valence-electron chi connectivity index (χ0n) is 17.1. The molecule has 0 nitrogen and oxygen atoms in total. The second-order valence-electron chi connectivity index (χ2n) is 9.23. The van der Waals surface area contributed by atoms with Gasteiger partial charge in [0, 0.05) is 5.30 Å². The number of halogens is 3. The van der Waals surface area contributed by atoms with Crippen molar-refractivity contribution in [2.24, 2.45) is 17.8 Å². The SMILES string of the molecule is CC1CCC(C2CCC(c3cc(F)c(-c4ccc(P)c(F)c4)c(F)c3)CC2)CC1. The lowest BCUT2D eigenvalue weighted by Gasteiger charge is -2.37. The van der Waals surface area contributed by atoms with Crippen molar-refractivity contribution in [2.75, 3.05) is 0 Å². The predicted molar refractivity (Wildman–Crippen MR) is 117 cm³/mol. The number of rotatable bonds is 3. The summed E-state index contributed by atoms with van der Waals surface area (Å²) in [5.74, 6) is 1.04. The molecule has 4 rings (SSSR count). The molecule has 0 aliphatic heterocycles. The maximum Gasteiger partial charge on any atom is 0.134 e. The summed E-state index contributed by atoms with van der Waals surface area (Å²) in [7, 11) is 2.28. The van der Waals surface area contributed by atoms with Gasteiger partial charge in [-0.3, -0.25) is 0 Å². The maximum absolute atomic E-state index is 14.8. The molecule has 4 heteroatoms. The van der Waals surface area contributed by atoms with Crippen LogP contribution in [0.4, 0.5) is 13.2 Å². The van der Waals surface area contributed by atoms with Crippen LogP contribution in [0, 0.1) is 35.2 Å². The van der Waals surface area contributed by atoms with Crippen LogP contribution in [-0.2, 0) is 0 Å². The molecule has 2 aromatic rings. The van der Waals surface area contributed by atoms with Crippen LogP contribution >= 0.6 is 9.24 Å². The molecule has 0 saturated heterocycles. The van der Waals surface area contributed by atoms with Gasteiger partial charge in [-0.25, -0.2) is 13.2 Å². The van der Waals surface area contributed by atoms with Crippen molar-refractivity contribution in [3.63, 3.8) is 0 Å². The van der Waals surface area contributed by atoms with Crippen molar-refractivity contribution in [1.82, 2.24) is 0 Å². The smallest absolute Gasteiger partial charge is 0.134 e. The van der Waals surface area contributed by atoms with Crippen LogP contribution in [0.3, 0.4) is 0 Å². The lowest BCUT2D eigenvalue weighted by Crippen LogP contribution is -2.24. The third-order valence-electron chi connectivity index (χ3n) is 7.32. The van der Waals surface area contributed by atoms with Gasteiger partial charge in [-0.1, -0.05) is 31.9 Å². The largest absolute Gasteiger partial charge is 0.206 e. The summed E-state index contributed by atoms with van der Waals surface area (Å²) in [5.41, 5.74) is 0.857. The van der Waals surface area contributed by atoms with Crippen LogP contribution < -0.4 is 5.30 Å². The number of hydrogen-bond acceptors (Lipinski definition) is 0. The van der Waals surface area contributed by atoms with E-state index in [1.165, 1.54) is 49.9 Å². The quantitative estimate of drug-likeness (QED) is 0.457. The lowest BCUT2D eigenvalue weighted by molar-refractivity contribution is 0.165. The van der Waals surface area contributed by atoms with E-state index in [0.717, 1.165) is 49.0 Å². The van der Waals surface area contributed by atoms with E-state index in [4.69, 9.17) is 0 Å². The molecule has 2 aromatic carbocycles. The van der Waals surface area contributed by atoms with Crippen molar-refractivity contribution in [1.29, 1.82) is 0 Å². The van der Waals surface area contributed by atoms with E-state index in [1.807, 2.05) is 0 Å². The van der Waals surface area contributed by atoms with Gasteiger partial charge in [0.05, 0.1) is 5.56 Å². The molecule has 0 radical (unpaired) electrons. The summed E-state index contributed by atoms with van der Waals surface area (Å²) in [5, 5.41) is 0.385. The first-order valence-electron chi connectivity index (χ1n) is 11.0. The van der Waals surface area contributed by atoms with Gasteiger partial charge in [0.1, 0.15) is 17.5 Å². The van der Waals surface area contributed by atoms with Gasteiger partial charge in [-0.2, -0.15) is 0 Å². The molecule has 2 saturated carbocycles. The number of hydrogen-bond donors (Lipinski definition) is 0. The van der Waals surface area contributed by atoms with E-state index in [2.05, 4.69) is 16.2 Å². The highest BCUT2D eigenvalue weighted by Crippen LogP contribution is 2.44. The molecule has 0 N–H and O–H groups in total. The standard InChI is InChI=1S/C25H30F3P/c1-15-2-4-16(5-3-15)17-6-8-18(9-7-17)20-13-22(27)25(23(28)14-20)19-10-11-24(29)21(26)12-19/h10-18H,2-9,29H2,1H3. The Morgan fingerprint density at radius 2 is 1.28 bits per heavy atom. The van der Waals surface area contributed by atoms with Gasteiger partial charge < -0.3 is 0 Å². The van der Waals surface area contributed by atoms with E-state index in [1.54, 1.807) is 6.07 Å². The zero-order valence-corrected chi connectivity index (χ0v) is 18.2. The minimum atomic E-state index is -0.598. The van der Waals surface area contributed by atoms with E-state index < -0.39 is 17.5 Å². The van der Waals surface area contributed by atoms with Crippen LogP contribution in [0.25, 0.3) is 11.1 Å². The van der Waals surface area contributed by atoms with E-state index in [9.17, 15) is 13.2 Å². The van der Waals surface area contributed by atoms with Crippen LogP contribution in [0.15, 0.2) is 30.3 Å². The highest BCUT2D eigenvalue weighted by Gasteiger charge is 2.31. The minimum Gasteiger partial charge on any atom is -0.206 e. The lowest BCUT2D eigenvalue weighted by atomic mass is 9.68. The molecule has 0 aromatic heterocycles. The van der Waals surface area contributed by atoms with Crippen molar-refractivity contribution < 1.29 is 13.2 Å². The Bertz CT molecular complexity index is 839. The Hall–Kier alpha value is -1.34. The fourth-order valence-electron chi connectivity index (χ4n) is 5.47. The average Bonchev–Trinajstić information content (AvgIpc) is 2.71. The highest BCUT2D eigenvalue weighted by molar-refractivity contribution is 7.27. The molecule has 1 unspecified atom stereocenters. The fraction of sp³-hybridized carbons (Fsp3) is 0.520. The summed E-state index contributed by atoms with van der Waals surface area (Å²) in [6.45, 7) is 2.35. The van der Waals surface area contributed by atoms with Gasteiger partial charge in [0.15, 0.2) is 0 Å². The third-order valence-corrected chi connectivity index (χ3v) is 7.79. The van der Waals surface area contributed by atoms with Crippen molar-refractivity contribution in [2.45, 2.75) is 64.2 Å². The van der Waals surface area contributed by atoms with Crippen molar-refractivity contribution >= 4 is 14.5 Å². The Kier molecular flexibility index (Phi) is 6.35. The topological polar surface area (TPSA) is 0 Å². The van der Waals surface area contributed by atoms with Gasteiger partial charge in [0.2, 0.25) is 0 Å². The van der Waals surface area contributed by atoms with E-state index in [-0.39, 0.29) is 17.0 Å². The first kappa shape index (κ1) is 20.9. The molecule has 156 valence electrons. The first-order valence-corrected chi connectivity index (χ1v) is 11.5. The highest BCUT2D eigenvalue weighted by atomic mass is 31.0. The number of benzene rings is 2. The van der Waals surface area contributed by atoms with Crippen molar-refractivity contribution in [3.8, 4) is 11.1 Å². The molecule has 0 amide bonds. The first-order chi connectivity index (χ1) is 13.9. The third kappa shape index (κ3) is 4.55. The minimum absolute atomic E-state index is 0.136. The predicted octanol–water partition coefficient (Wildman–Crippen LogP) is 7.37. The van der Waals surface area contributed by atoms with Gasteiger partial charge in [0.25, 0.3) is 0 Å². The van der Waals surface area contributed by atoms with E-state index >= 15 is 0 Å². The molecular formula is C25H30F3P. The molecule has 29 heavy (non-hydrogen) atoms. The van der Waals surface area contributed by atoms with E-state index in [0.29, 0.717) is 5.30 Å². The Labute approximate surface area is 174 Å². The average molecular weight is 418 g/mol. The normalized spacial score (nSPS) is 27.8. The van der Waals surface area contributed by atoms with Crippen LogP contribution in [0.5, 0.6) is 0 Å². The van der Waals surface area contributed by atoms with Crippen molar-refractivity contribution in [3.05, 3.63) is 53.3 Å². The Morgan fingerprint density at radius 1 is 0.724 bits per heavy atom. The molecule has 2 fully saturated rings. The maximum atomic E-state index is 14.8. The molecule has 2 aliphatic rings. The monoisotopic (exact) mass is 418 g/mol. The second-order valence-corrected chi connectivity index (χ2v) is 9.85. The summed E-state index contributed by atoms with van der Waals surface area (Å²) in [4.78, 5) is 0. The summed E-state index contributed by atoms with van der Waals surface area (Å²) in [6, 6.07) is 7.22. The fourth-order valence-corrected chi connectivity index (χ4v) is 5.65. The summed E-state index contributed by atoms with van der Waals surface area (Å²) in [6.07, 6.45) is 9.73. The second kappa shape index (κ2) is 8.80. The molecular weight excluding hydrogens is 388 g/mol. The molecule has 1 atom stereocenters. The van der Waals surface area contributed by atoms with Gasteiger partial charge >= 0.3 is 0 Å². The van der Waals surface area contributed by atoms with Gasteiger partial charge in [-0.05, 0) is 91.5 Å². The molecule has 0 spiro atoms. The molecule has 2 aliphatic carbocycles. The van der Waals surface area contributed by atoms with Crippen LogP contribution in [0.2, 0.25) is 0 Å². The molecule has 0 heterocycles. The van der Waals surface area contributed by atoms with Crippen LogP contribution in [-0.4, -0.2) is 0 Å². The van der Waals surface area contributed by atoms with Crippen LogP contribution in [0.1, 0.15) is 69.8 Å². The summed E-state index contributed by atoms with van der Waals surface area (Å²) < 4.78 is 43.5. The molecule has 0 bridgehead atoms. The summed E-state index contributed by atoms with van der Waals surface area (Å²) >= 11 is 0. The Balaban J connectivity index is 1.47. The Morgan fingerprint density at radius 3 is 1.83 bits per heavy atom.